The van der Waals surface area contributed by atoms with E-state index in [2.05, 4.69) is 10.3 Å². The fourth-order valence-electron chi connectivity index (χ4n) is 2.47. The van der Waals surface area contributed by atoms with Gasteiger partial charge in [0.05, 0.1) is 17.7 Å². The summed E-state index contributed by atoms with van der Waals surface area (Å²) in [4.78, 5) is 29.1. The molecule has 1 fully saturated rings. The van der Waals surface area contributed by atoms with E-state index in [0.29, 0.717) is 25.3 Å². The molecule has 21 heavy (non-hydrogen) atoms. The van der Waals surface area contributed by atoms with E-state index in [1.165, 1.54) is 0 Å². The van der Waals surface area contributed by atoms with E-state index in [0.717, 1.165) is 11.5 Å². The summed E-state index contributed by atoms with van der Waals surface area (Å²) in [5.74, 6) is 0.325. The second-order valence-corrected chi connectivity index (χ2v) is 5.80. The van der Waals surface area contributed by atoms with Crippen molar-refractivity contribution in [2.75, 3.05) is 13.1 Å². The van der Waals surface area contributed by atoms with Gasteiger partial charge in [-0.15, -0.1) is 0 Å². The van der Waals surface area contributed by atoms with Crippen molar-refractivity contribution < 1.29 is 19.1 Å². The Labute approximate surface area is 123 Å². The van der Waals surface area contributed by atoms with E-state index < -0.39 is 11.4 Å². The van der Waals surface area contributed by atoms with Crippen LogP contribution in [0.15, 0.2) is 4.42 Å². The molecule has 1 saturated heterocycles. The van der Waals surface area contributed by atoms with Crippen LogP contribution in [0.2, 0.25) is 0 Å². The molecule has 1 atom stereocenters. The van der Waals surface area contributed by atoms with Gasteiger partial charge < -0.3 is 19.7 Å². The van der Waals surface area contributed by atoms with Gasteiger partial charge in [-0.25, -0.2) is 9.78 Å². The molecule has 2 N–H and O–H groups in total. The van der Waals surface area contributed by atoms with Gasteiger partial charge in [-0.3, -0.25) is 4.79 Å². The summed E-state index contributed by atoms with van der Waals surface area (Å²) in [6.07, 6.45) is 1.28. The lowest BCUT2D eigenvalue weighted by Gasteiger charge is -2.37. The van der Waals surface area contributed by atoms with Gasteiger partial charge in [0, 0.05) is 13.1 Å². The van der Waals surface area contributed by atoms with Crippen LogP contribution in [0.1, 0.15) is 37.1 Å². The molecule has 0 radical (unpaired) electrons. The minimum atomic E-state index is -0.869. The lowest BCUT2D eigenvalue weighted by Crippen LogP contribution is -2.51. The van der Waals surface area contributed by atoms with E-state index in [1.807, 2.05) is 13.8 Å². The number of urea groups is 1. The molecule has 0 aromatic carbocycles. The number of carbonyl (C=O) groups excluding carboxylic acids is 1. The first kappa shape index (κ1) is 15.3. The summed E-state index contributed by atoms with van der Waals surface area (Å²) < 4.78 is 5.39. The molecule has 0 aliphatic carbocycles. The summed E-state index contributed by atoms with van der Waals surface area (Å²) in [6.45, 7) is 6.32. The molecule has 1 aromatic heterocycles. The van der Waals surface area contributed by atoms with E-state index in [4.69, 9.17) is 4.42 Å². The van der Waals surface area contributed by atoms with Gasteiger partial charge in [0.1, 0.15) is 5.76 Å². The Morgan fingerprint density at radius 3 is 2.76 bits per heavy atom. The molecule has 116 valence electrons. The van der Waals surface area contributed by atoms with Crippen LogP contribution in [0.3, 0.4) is 0 Å². The molecule has 7 nitrogen and oxygen atoms in total. The van der Waals surface area contributed by atoms with Crippen LogP contribution in [0.25, 0.3) is 0 Å². The van der Waals surface area contributed by atoms with Crippen LogP contribution >= 0.6 is 0 Å². The van der Waals surface area contributed by atoms with Gasteiger partial charge in [-0.2, -0.15) is 0 Å². The first-order chi connectivity index (χ1) is 9.82. The van der Waals surface area contributed by atoms with Crippen LogP contribution in [0.4, 0.5) is 4.79 Å². The minimum Gasteiger partial charge on any atom is -0.481 e. The fraction of sp³-hybridized carbons (Fsp3) is 0.643. The quantitative estimate of drug-likeness (QED) is 0.884. The summed E-state index contributed by atoms with van der Waals surface area (Å²) in [7, 11) is 0. The smallest absolute Gasteiger partial charge is 0.317 e. The number of carbonyl (C=O) groups is 2. The van der Waals surface area contributed by atoms with Crippen molar-refractivity contribution in [3.8, 4) is 0 Å². The molecule has 1 aliphatic heterocycles. The number of aromatic nitrogens is 1. The predicted molar refractivity (Wildman–Crippen MR) is 74.8 cm³/mol. The number of amides is 2. The second kappa shape index (κ2) is 5.75. The minimum absolute atomic E-state index is 0.202. The van der Waals surface area contributed by atoms with Gasteiger partial charge >= 0.3 is 12.0 Å². The maximum absolute atomic E-state index is 12.1. The average molecular weight is 295 g/mol. The maximum atomic E-state index is 12.1. The van der Waals surface area contributed by atoms with Crippen LogP contribution in [-0.2, 0) is 11.3 Å². The summed E-state index contributed by atoms with van der Waals surface area (Å²) in [5.41, 5.74) is -0.0678. The van der Waals surface area contributed by atoms with Gasteiger partial charge in [0.2, 0.25) is 5.89 Å². The normalized spacial score (nSPS) is 22.1. The SMILES string of the molecule is Cc1nc(CNC(=O)N2CCCC(C)(C(=O)O)C2)oc1C. The number of hydrogen-bond donors (Lipinski definition) is 2. The van der Waals surface area contributed by atoms with E-state index >= 15 is 0 Å². The number of aliphatic carboxylic acids is 1. The largest absolute Gasteiger partial charge is 0.481 e. The summed E-state index contributed by atoms with van der Waals surface area (Å²) in [5, 5.41) is 12.0. The molecular weight excluding hydrogens is 274 g/mol. The lowest BCUT2D eigenvalue weighted by atomic mass is 9.82. The number of piperidine rings is 1. The Morgan fingerprint density at radius 2 is 2.19 bits per heavy atom. The Morgan fingerprint density at radius 1 is 1.48 bits per heavy atom. The molecule has 2 rings (SSSR count). The Hall–Kier alpha value is -2.05. The molecule has 2 heterocycles. The van der Waals surface area contributed by atoms with Crippen molar-refractivity contribution in [1.29, 1.82) is 0 Å². The third-order valence-electron chi connectivity index (χ3n) is 3.96. The molecule has 1 aliphatic rings. The maximum Gasteiger partial charge on any atom is 0.317 e. The number of oxazole rings is 1. The Balaban J connectivity index is 1.92. The third kappa shape index (κ3) is 3.34. The number of likely N-dealkylation sites (tertiary alicyclic amines) is 1. The molecule has 7 heteroatoms. The number of aryl methyl sites for hydroxylation is 2. The number of hydrogen-bond acceptors (Lipinski definition) is 4. The van der Waals surface area contributed by atoms with Crippen LogP contribution < -0.4 is 5.32 Å². The number of nitrogens with zero attached hydrogens (tertiary/aromatic N) is 2. The first-order valence-electron chi connectivity index (χ1n) is 7.01. The highest BCUT2D eigenvalue weighted by molar-refractivity contribution is 5.78. The molecular formula is C14H21N3O4. The fourth-order valence-corrected chi connectivity index (χ4v) is 2.47. The van der Waals surface area contributed by atoms with Crippen LogP contribution in [-0.4, -0.2) is 40.1 Å². The standard InChI is InChI=1S/C14H21N3O4/c1-9-10(2)21-11(16-9)7-15-13(20)17-6-4-5-14(3,8-17)12(18)19/h4-8H2,1-3H3,(H,15,20)(H,18,19). The van der Waals surface area contributed by atoms with Gasteiger partial charge in [-0.05, 0) is 33.6 Å². The van der Waals surface area contributed by atoms with Crippen molar-refractivity contribution in [2.24, 2.45) is 5.41 Å². The molecule has 0 bridgehead atoms. The van der Waals surface area contributed by atoms with Gasteiger partial charge in [0.25, 0.3) is 0 Å². The highest BCUT2D eigenvalue weighted by atomic mass is 16.4. The van der Waals surface area contributed by atoms with Crippen molar-refractivity contribution >= 4 is 12.0 Å². The average Bonchev–Trinajstić information content (AvgIpc) is 2.75. The number of carboxylic acids is 1. The van der Waals surface area contributed by atoms with Crippen molar-refractivity contribution in [2.45, 2.75) is 40.2 Å². The van der Waals surface area contributed by atoms with E-state index in [-0.39, 0.29) is 19.1 Å². The molecule has 0 spiro atoms. The summed E-state index contributed by atoms with van der Waals surface area (Å²) in [6, 6.07) is -0.282. The molecule has 0 saturated carbocycles. The lowest BCUT2D eigenvalue weighted by molar-refractivity contribution is -0.150. The van der Waals surface area contributed by atoms with E-state index in [9.17, 15) is 14.7 Å². The predicted octanol–water partition coefficient (Wildman–Crippen LogP) is 1.69. The van der Waals surface area contributed by atoms with Gasteiger partial charge in [-0.1, -0.05) is 0 Å². The second-order valence-electron chi connectivity index (χ2n) is 5.80. The van der Waals surface area contributed by atoms with Crippen molar-refractivity contribution in [3.05, 3.63) is 17.3 Å². The highest BCUT2D eigenvalue weighted by Crippen LogP contribution is 2.29. The zero-order chi connectivity index (χ0) is 15.6. The van der Waals surface area contributed by atoms with E-state index in [1.54, 1.807) is 11.8 Å². The third-order valence-corrected chi connectivity index (χ3v) is 3.96. The van der Waals surface area contributed by atoms with Crippen molar-refractivity contribution in [1.82, 2.24) is 15.2 Å². The monoisotopic (exact) mass is 295 g/mol. The van der Waals surface area contributed by atoms with Gasteiger partial charge in [0.15, 0.2) is 0 Å². The van der Waals surface area contributed by atoms with Crippen LogP contribution in [0.5, 0.6) is 0 Å². The summed E-state index contributed by atoms with van der Waals surface area (Å²) >= 11 is 0. The molecule has 2 amide bonds. The molecule has 1 unspecified atom stereocenters. The Bertz CT molecular complexity index is 535. The van der Waals surface area contributed by atoms with Crippen LogP contribution in [0, 0.1) is 19.3 Å². The van der Waals surface area contributed by atoms with Crippen molar-refractivity contribution in [3.63, 3.8) is 0 Å². The molecule has 1 aromatic rings. The number of rotatable bonds is 3. The Kier molecular flexibility index (Phi) is 4.20. The number of carboxylic acid groups (broad SMARTS) is 1. The number of nitrogens with one attached hydrogen (secondary N) is 1. The zero-order valence-electron chi connectivity index (χ0n) is 12.6. The highest BCUT2D eigenvalue weighted by Gasteiger charge is 2.39. The topological polar surface area (TPSA) is 95.7 Å². The zero-order valence-corrected chi connectivity index (χ0v) is 12.6. The first-order valence-corrected chi connectivity index (χ1v) is 7.01.